The molecule has 0 aliphatic carbocycles. The van der Waals surface area contributed by atoms with Crippen LogP contribution in [0.15, 0.2) is 77.4 Å². The summed E-state index contributed by atoms with van der Waals surface area (Å²) in [4.78, 5) is 12.6. The Morgan fingerprint density at radius 2 is 1.55 bits per heavy atom. The van der Waals surface area contributed by atoms with E-state index in [0.29, 0.717) is 37.8 Å². The predicted molar refractivity (Wildman–Crippen MR) is 131 cm³/mol. The number of anilines is 2. The zero-order valence-electron chi connectivity index (χ0n) is 15.7. The van der Waals surface area contributed by atoms with Gasteiger partial charge in [-0.15, -0.1) is 0 Å². The minimum absolute atomic E-state index is 0.337. The molecule has 0 aliphatic rings. The van der Waals surface area contributed by atoms with Crippen LogP contribution in [0.1, 0.15) is 0 Å². The molecule has 0 atom stereocenters. The van der Waals surface area contributed by atoms with Gasteiger partial charge in [0.15, 0.2) is 0 Å². The normalized spacial score (nSPS) is 10.7. The van der Waals surface area contributed by atoms with Gasteiger partial charge in [-0.2, -0.15) is 5.10 Å². The number of benzene rings is 3. The third-order valence-corrected chi connectivity index (χ3v) is 5.68. The van der Waals surface area contributed by atoms with Gasteiger partial charge in [-0.05, 0) is 36.4 Å². The van der Waals surface area contributed by atoms with Gasteiger partial charge >= 0.3 is 6.03 Å². The van der Waals surface area contributed by atoms with Crippen molar-refractivity contribution < 1.29 is 4.79 Å². The van der Waals surface area contributed by atoms with E-state index in [9.17, 15) is 4.79 Å². The number of nitrogens with one attached hydrogen (secondary N) is 2. The fourth-order valence-electron chi connectivity index (χ4n) is 3.04. The SMILES string of the molecule is O=C(Nc1ccc(Br)cc1)Nc1cnn(-c2c(Cl)cc(Cl)cc2Cl)c1-c1ccccc1. The van der Waals surface area contributed by atoms with E-state index >= 15 is 0 Å². The second-order valence-electron chi connectivity index (χ2n) is 6.49. The molecule has 0 bridgehead atoms. The van der Waals surface area contributed by atoms with E-state index in [0.717, 1.165) is 10.0 Å². The first-order chi connectivity index (χ1) is 14.9. The molecule has 1 aromatic heterocycles. The minimum Gasteiger partial charge on any atom is -0.308 e. The van der Waals surface area contributed by atoms with Crippen molar-refractivity contribution >= 4 is 68.1 Å². The Morgan fingerprint density at radius 1 is 0.903 bits per heavy atom. The van der Waals surface area contributed by atoms with Gasteiger partial charge in [0.2, 0.25) is 0 Å². The van der Waals surface area contributed by atoms with Crippen LogP contribution >= 0.6 is 50.7 Å². The monoisotopic (exact) mass is 534 g/mol. The van der Waals surface area contributed by atoms with E-state index < -0.39 is 6.03 Å². The van der Waals surface area contributed by atoms with Crippen LogP contribution in [0.3, 0.4) is 0 Å². The summed E-state index contributed by atoms with van der Waals surface area (Å²) >= 11 is 22.3. The van der Waals surface area contributed by atoms with Crippen LogP contribution in [0.5, 0.6) is 0 Å². The second kappa shape index (κ2) is 9.32. The quantitative estimate of drug-likeness (QED) is 0.278. The molecule has 31 heavy (non-hydrogen) atoms. The van der Waals surface area contributed by atoms with E-state index in [1.54, 1.807) is 35.1 Å². The van der Waals surface area contributed by atoms with Crippen LogP contribution in [0.4, 0.5) is 16.2 Å². The van der Waals surface area contributed by atoms with E-state index in [1.165, 1.54) is 0 Å². The Morgan fingerprint density at radius 3 is 2.19 bits per heavy atom. The van der Waals surface area contributed by atoms with Gasteiger partial charge in [-0.1, -0.05) is 81.1 Å². The highest BCUT2D eigenvalue weighted by Crippen LogP contribution is 2.37. The molecule has 156 valence electrons. The summed E-state index contributed by atoms with van der Waals surface area (Å²) < 4.78 is 2.51. The lowest BCUT2D eigenvalue weighted by Gasteiger charge is -2.14. The Bertz CT molecular complexity index is 1220. The lowest BCUT2D eigenvalue weighted by molar-refractivity contribution is 0.262. The van der Waals surface area contributed by atoms with E-state index in [2.05, 4.69) is 31.7 Å². The smallest absolute Gasteiger partial charge is 0.308 e. The molecular weight excluding hydrogens is 523 g/mol. The highest BCUT2D eigenvalue weighted by molar-refractivity contribution is 9.10. The molecule has 4 rings (SSSR count). The third-order valence-electron chi connectivity index (χ3n) is 4.36. The molecule has 0 saturated carbocycles. The maximum Gasteiger partial charge on any atom is 0.323 e. The van der Waals surface area contributed by atoms with Gasteiger partial charge in [0.25, 0.3) is 0 Å². The molecule has 5 nitrogen and oxygen atoms in total. The number of carbonyl (C=O) groups excluding carboxylic acids is 1. The van der Waals surface area contributed by atoms with Crippen LogP contribution < -0.4 is 10.6 Å². The van der Waals surface area contributed by atoms with Gasteiger partial charge in [0, 0.05) is 20.7 Å². The first-order valence-corrected chi connectivity index (χ1v) is 11.0. The number of hydrogen-bond donors (Lipinski definition) is 2. The van der Waals surface area contributed by atoms with Crippen molar-refractivity contribution in [2.45, 2.75) is 0 Å². The van der Waals surface area contributed by atoms with Crippen molar-refractivity contribution in [3.05, 3.63) is 92.5 Å². The topological polar surface area (TPSA) is 59.0 Å². The number of rotatable bonds is 4. The van der Waals surface area contributed by atoms with Crippen LogP contribution in [0, 0.1) is 0 Å². The number of carbonyl (C=O) groups is 1. The molecular formula is C22H14BrCl3N4O. The first-order valence-electron chi connectivity index (χ1n) is 9.04. The summed E-state index contributed by atoms with van der Waals surface area (Å²) in [7, 11) is 0. The first kappa shape index (κ1) is 21.7. The number of hydrogen-bond acceptors (Lipinski definition) is 2. The van der Waals surface area contributed by atoms with Crippen molar-refractivity contribution in [1.82, 2.24) is 9.78 Å². The summed E-state index contributed by atoms with van der Waals surface area (Å²) in [5.41, 5.74) is 3.05. The van der Waals surface area contributed by atoms with Crippen molar-refractivity contribution in [1.29, 1.82) is 0 Å². The molecule has 9 heteroatoms. The van der Waals surface area contributed by atoms with Gasteiger partial charge in [0.05, 0.1) is 27.6 Å². The highest BCUT2D eigenvalue weighted by atomic mass is 79.9. The van der Waals surface area contributed by atoms with Crippen molar-refractivity contribution in [3.8, 4) is 16.9 Å². The fraction of sp³-hybridized carbons (Fsp3) is 0. The molecule has 0 spiro atoms. The fourth-order valence-corrected chi connectivity index (χ4v) is 4.28. The Kier molecular flexibility index (Phi) is 6.53. The minimum atomic E-state index is -0.410. The molecule has 0 saturated heterocycles. The molecule has 2 amide bonds. The summed E-state index contributed by atoms with van der Waals surface area (Å²) in [6.07, 6.45) is 1.55. The summed E-state index contributed by atoms with van der Waals surface area (Å²) in [6.45, 7) is 0. The van der Waals surface area contributed by atoms with E-state index in [-0.39, 0.29) is 0 Å². The molecule has 4 aromatic rings. The Balaban J connectivity index is 1.74. The number of urea groups is 1. The van der Waals surface area contributed by atoms with Gasteiger partial charge in [0.1, 0.15) is 5.69 Å². The largest absolute Gasteiger partial charge is 0.323 e. The summed E-state index contributed by atoms with van der Waals surface area (Å²) in [5.74, 6) is 0. The zero-order chi connectivity index (χ0) is 22.0. The van der Waals surface area contributed by atoms with Crippen LogP contribution in [0.25, 0.3) is 16.9 Å². The standard InChI is InChI=1S/C22H14BrCl3N4O/c23-14-6-8-16(9-7-14)28-22(31)29-19-12-27-30(20(19)13-4-2-1-3-5-13)21-17(25)10-15(24)11-18(21)26/h1-12H,(H2,28,29,31). The summed E-state index contributed by atoms with van der Waals surface area (Å²) in [6, 6.07) is 19.5. The predicted octanol–water partition coefficient (Wildman–Crippen LogP) is 7.91. The average Bonchev–Trinajstić information content (AvgIpc) is 3.12. The van der Waals surface area contributed by atoms with Crippen LogP contribution in [-0.2, 0) is 0 Å². The Hall–Kier alpha value is -2.51. The van der Waals surface area contributed by atoms with E-state index in [1.807, 2.05) is 42.5 Å². The number of aromatic nitrogens is 2. The third kappa shape index (κ3) is 4.88. The average molecular weight is 537 g/mol. The summed E-state index contributed by atoms with van der Waals surface area (Å²) in [5, 5.41) is 11.2. The molecule has 2 N–H and O–H groups in total. The lowest BCUT2D eigenvalue weighted by Crippen LogP contribution is -2.19. The molecule has 3 aromatic carbocycles. The van der Waals surface area contributed by atoms with Crippen LogP contribution in [0.2, 0.25) is 15.1 Å². The van der Waals surface area contributed by atoms with Gasteiger partial charge in [-0.3, -0.25) is 0 Å². The highest BCUT2D eigenvalue weighted by Gasteiger charge is 2.20. The zero-order valence-corrected chi connectivity index (χ0v) is 19.6. The molecule has 0 aliphatic heterocycles. The van der Waals surface area contributed by atoms with E-state index in [4.69, 9.17) is 34.8 Å². The second-order valence-corrected chi connectivity index (χ2v) is 8.66. The maximum atomic E-state index is 12.6. The number of amides is 2. The maximum absolute atomic E-state index is 12.6. The van der Waals surface area contributed by atoms with Crippen LogP contribution in [-0.4, -0.2) is 15.8 Å². The van der Waals surface area contributed by atoms with Crippen molar-refractivity contribution in [2.24, 2.45) is 0 Å². The molecule has 0 fully saturated rings. The molecule has 1 heterocycles. The molecule has 0 radical (unpaired) electrons. The Labute approximate surface area is 202 Å². The number of nitrogens with zero attached hydrogens (tertiary/aromatic N) is 2. The van der Waals surface area contributed by atoms with Gasteiger partial charge < -0.3 is 10.6 Å². The van der Waals surface area contributed by atoms with Crippen molar-refractivity contribution in [2.75, 3.05) is 10.6 Å². The van der Waals surface area contributed by atoms with Crippen molar-refractivity contribution in [3.63, 3.8) is 0 Å². The van der Waals surface area contributed by atoms with Gasteiger partial charge in [-0.25, -0.2) is 9.48 Å². The molecule has 0 unspecified atom stereocenters. The lowest BCUT2D eigenvalue weighted by atomic mass is 10.1. The number of halogens is 4.